The van der Waals surface area contributed by atoms with E-state index in [1.165, 1.54) is 32.4 Å². The Balaban J connectivity index is 0.00000288. The number of rotatable bonds is 6. The van der Waals surface area contributed by atoms with Crippen LogP contribution in [-0.2, 0) is 6.54 Å². The number of nitrogens with zero attached hydrogens (tertiary/aromatic N) is 1. The number of benzene rings is 1. The van der Waals surface area contributed by atoms with Gasteiger partial charge in [0, 0.05) is 6.04 Å². The zero-order chi connectivity index (χ0) is 16.7. The van der Waals surface area contributed by atoms with Crippen molar-refractivity contribution >= 4 is 29.9 Å². The van der Waals surface area contributed by atoms with Gasteiger partial charge in [0.15, 0.2) is 17.5 Å². The van der Waals surface area contributed by atoms with Crippen molar-refractivity contribution in [3.8, 4) is 11.5 Å². The smallest absolute Gasteiger partial charge is 0.387 e. The second kappa shape index (κ2) is 10.5. The minimum absolute atomic E-state index is 0. The highest BCUT2D eigenvalue weighted by atomic mass is 127. The number of ether oxygens (including phenoxy) is 2. The van der Waals surface area contributed by atoms with Gasteiger partial charge in [-0.05, 0) is 30.5 Å². The van der Waals surface area contributed by atoms with Crippen molar-refractivity contribution < 1.29 is 18.3 Å². The van der Waals surface area contributed by atoms with Crippen LogP contribution < -0.4 is 20.5 Å². The largest absolute Gasteiger partial charge is 0.493 e. The van der Waals surface area contributed by atoms with E-state index in [9.17, 15) is 8.78 Å². The third-order valence-corrected chi connectivity index (χ3v) is 3.83. The number of alkyl halides is 2. The van der Waals surface area contributed by atoms with Gasteiger partial charge in [0.2, 0.25) is 0 Å². The van der Waals surface area contributed by atoms with Gasteiger partial charge in [-0.1, -0.05) is 25.3 Å². The number of guanidine groups is 1. The topological polar surface area (TPSA) is 68.9 Å². The summed E-state index contributed by atoms with van der Waals surface area (Å²) in [6.45, 7) is -2.62. The summed E-state index contributed by atoms with van der Waals surface area (Å²) in [5.74, 6) is 0.629. The molecule has 8 heteroatoms. The van der Waals surface area contributed by atoms with Crippen LogP contribution in [-0.4, -0.2) is 25.7 Å². The van der Waals surface area contributed by atoms with Gasteiger partial charge in [-0.3, -0.25) is 0 Å². The second-order valence-electron chi connectivity index (χ2n) is 5.54. The number of aliphatic imine (C=N–C) groups is 1. The fourth-order valence-electron chi connectivity index (χ4n) is 2.69. The number of nitrogens with two attached hydrogens (primary N) is 1. The van der Waals surface area contributed by atoms with Crippen LogP contribution in [0.4, 0.5) is 8.78 Å². The molecule has 0 radical (unpaired) electrons. The number of nitrogens with one attached hydrogen (secondary N) is 1. The first-order valence-electron chi connectivity index (χ1n) is 7.76. The van der Waals surface area contributed by atoms with Crippen molar-refractivity contribution in [2.24, 2.45) is 10.7 Å². The Bertz CT molecular complexity index is 538. The molecule has 1 aliphatic rings. The van der Waals surface area contributed by atoms with E-state index >= 15 is 0 Å². The van der Waals surface area contributed by atoms with E-state index < -0.39 is 6.61 Å². The van der Waals surface area contributed by atoms with Crippen molar-refractivity contribution in [2.45, 2.75) is 51.3 Å². The average Bonchev–Trinajstić information content (AvgIpc) is 2.53. The highest BCUT2D eigenvalue weighted by molar-refractivity contribution is 14.0. The first-order valence-corrected chi connectivity index (χ1v) is 7.76. The number of methoxy groups -OCH3 is 1. The summed E-state index contributed by atoms with van der Waals surface area (Å²) in [4.78, 5) is 4.26. The zero-order valence-electron chi connectivity index (χ0n) is 13.6. The van der Waals surface area contributed by atoms with Crippen molar-refractivity contribution in [1.82, 2.24) is 5.32 Å². The Morgan fingerprint density at radius 2 is 2.00 bits per heavy atom. The van der Waals surface area contributed by atoms with Crippen molar-refractivity contribution in [1.29, 1.82) is 0 Å². The van der Waals surface area contributed by atoms with Gasteiger partial charge in [-0.25, -0.2) is 4.99 Å². The van der Waals surface area contributed by atoms with Crippen LogP contribution in [0.25, 0.3) is 0 Å². The minimum atomic E-state index is -2.90. The summed E-state index contributed by atoms with van der Waals surface area (Å²) in [6, 6.07) is 5.19. The summed E-state index contributed by atoms with van der Waals surface area (Å²) < 4.78 is 34.3. The molecular weight excluding hydrogens is 431 g/mol. The summed E-state index contributed by atoms with van der Waals surface area (Å²) in [5, 5.41) is 3.21. The molecule has 1 fully saturated rings. The van der Waals surface area contributed by atoms with Gasteiger partial charge >= 0.3 is 6.61 Å². The normalized spacial score (nSPS) is 15.8. The maximum Gasteiger partial charge on any atom is 0.387 e. The monoisotopic (exact) mass is 455 g/mol. The van der Waals surface area contributed by atoms with Crippen LogP contribution in [0.3, 0.4) is 0 Å². The lowest BCUT2D eigenvalue weighted by Crippen LogP contribution is -2.41. The molecule has 0 bridgehead atoms. The van der Waals surface area contributed by atoms with Crippen LogP contribution in [0.15, 0.2) is 23.2 Å². The quantitative estimate of drug-likeness (QED) is 0.391. The zero-order valence-corrected chi connectivity index (χ0v) is 16.0. The Hall–Kier alpha value is -1.32. The van der Waals surface area contributed by atoms with Gasteiger partial charge in [0.1, 0.15) is 0 Å². The number of hydrogen-bond donors (Lipinski definition) is 2. The molecule has 0 heterocycles. The van der Waals surface area contributed by atoms with Crippen LogP contribution in [0.2, 0.25) is 0 Å². The van der Waals surface area contributed by atoms with Gasteiger partial charge < -0.3 is 20.5 Å². The molecule has 0 spiro atoms. The van der Waals surface area contributed by atoms with E-state index in [1.54, 1.807) is 12.1 Å². The molecule has 1 aliphatic carbocycles. The lowest BCUT2D eigenvalue weighted by Gasteiger charge is -2.23. The first-order chi connectivity index (χ1) is 11.1. The standard InChI is InChI=1S/C16H23F2N3O2.HI/c1-22-13-8-7-11(9-14(13)23-15(17)18)10-20-16(19)21-12-5-3-2-4-6-12;/h7-9,12,15H,2-6,10H2,1H3,(H3,19,20,21);1H. The Labute approximate surface area is 158 Å². The van der Waals surface area contributed by atoms with Gasteiger partial charge in [-0.15, -0.1) is 24.0 Å². The molecule has 0 aromatic heterocycles. The van der Waals surface area contributed by atoms with Crippen molar-refractivity contribution in [3.05, 3.63) is 23.8 Å². The molecule has 1 aromatic rings. The number of halogens is 3. The fourth-order valence-corrected chi connectivity index (χ4v) is 2.69. The SMILES string of the molecule is COc1ccc(CN=C(N)NC2CCCCC2)cc1OC(F)F.I. The fraction of sp³-hybridized carbons (Fsp3) is 0.562. The highest BCUT2D eigenvalue weighted by Gasteiger charge is 2.14. The van der Waals surface area contributed by atoms with Gasteiger partial charge in [0.05, 0.1) is 13.7 Å². The van der Waals surface area contributed by atoms with Crippen LogP contribution in [0, 0.1) is 0 Å². The molecule has 0 unspecified atom stereocenters. The van der Waals surface area contributed by atoms with E-state index in [0.29, 0.717) is 12.0 Å². The Morgan fingerprint density at radius 1 is 1.29 bits per heavy atom. The average molecular weight is 455 g/mol. The molecule has 0 amide bonds. The molecule has 0 saturated heterocycles. The predicted molar refractivity (Wildman–Crippen MR) is 100 cm³/mol. The maximum atomic E-state index is 12.4. The maximum absolute atomic E-state index is 12.4. The Kier molecular flexibility index (Phi) is 9.09. The van der Waals surface area contributed by atoms with Crippen molar-refractivity contribution in [3.63, 3.8) is 0 Å². The molecule has 5 nitrogen and oxygen atoms in total. The van der Waals surface area contributed by atoms with Crippen molar-refractivity contribution in [2.75, 3.05) is 7.11 Å². The first kappa shape index (κ1) is 20.7. The summed E-state index contributed by atoms with van der Waals surface area (Å²) in [5.41, 5.74) is 6.61. The molecule has 24 heavy (non-hydrogen) atoms. The van der Waals surface area contributed by atoms with Crippen LogP contribution in [0.5, 0.6) is 11.5 Å². The molecule has 1 saturated carbocycles. The van der Waals surface area contributed by atoms with Crippen LogP contribution in [0.1, 0.15) is 37.7 Å². The van der Waals surface area contributed by atoms with E-state index in [1.807, 2.05) is 0 Å². The van der Waals surface area contributed by atoms with Crippen LogP contribution >= 0.6 is 24.0 Å². The van der Waals surface area contributed by atoms with E-state index in [0.717, 1.165) is 18.4 Å². The van der Waals surface area contributed by atoms with Gasteiger partial charge in [-0.2, -0.15) is 8.78 Å². The Morgan fingerprint density at radius 3 is 2.62 bits per heavy atom. The molecule has 2 rings (SSSR count). The van der Waals surface area contributed by atoms with E-state index in [2.05, 4.69) is 15.0 Å². The molecule has 136 valence electrons. The molecule has 3 N–H and O–H groups in total. The highest BCUT2D eigenvalue weighted by Crippen LogP contribution is 2.29. The predicted octanol–water partition coefficient (Wildman–Crippen LogP) is 3.65. The van der Waals surface area contributed by atoms with E-state index in [-0.39, 0.29) is 42.0 Å². The van der Waals surface area contributed by atoms with E-state index in [4.69, 9.17) is 10.5 Å². The second-order valence-corrected chi connectivity index (χ2v) is 5.54. The third-order valence-electron chi connectivity index (χ3n) is 3.83. The summed E-state index contributed by atoms with van der Waals surface area (Å²) in [7, 11) is 1.40. The summed E-state index contributed by atoms with van der Waals surface area (Å²) >= 11 is 0. The third kappa shape index (κ3) is 6.66. The lowest BCUT2D eigenvalue weighted by molar-refractivity contribution is -0.0512. The molecular formula is C16H24F2IN3O2. The molecule has 1 aromatic carbocycles. The minimum Gasteiger partial charge on any atom is -0.493 e. The lowest BCUT2D eigenvalue weighted by atomic mass is 9.96. The van der Waals surface area contributed by atoms with Gasteiger partial charge in [0.25, 0.3) is 0 Å². The molecule has 0 atom stereocenters. The molecule has 0 aliphatic heterocycles. The summed E-state index contributed by atoms with van der Waals surface area (Å²) in [6.07, 6.45) is 5.89. The number of hydrogen-bond acceptors (Lipinski definition) is 3.